The molecule has 7 nitrogen and oxygen atoms in total. The standard InChI is InChI=1S/C24H28ClN3O4S/c25-20-8-6-17(7-9-20)12-13-26-24(30)19-4-2-14-28(16-19)33(31,32)21-10-11-22-18(15-21)3-1-5-23(29)27-22/h6-11,15,19H,1-5,12-14,16H2,(H,26,30)(H,27,29)/t19-/m0/s1. The third-order valence-electron chi connectivity index (χ3n) is 6.22. The van der Waals surface area contributed by atoms with Crippen LogP contribution in [0.1, 0.15) is 36.8 Å². The second kappa shape index (κ2) is 10.2. The second-order valence-electron chi connectivity index (χ2n) is 8.59. The first kappa shape index (κ1) is 23.7. The second-order valence-corrected chi connectivity index (χ2v) is 11.0. The highest BCUT2D eigenvalue weighted by Gasteiger charge is 2.33. The van der Waals surface area contributed by atoms with E-state index in [0.717, 1.165) is 11.1 Å². The molecule has 9 heteroatoms. The van der Waals surface area contributed by atoms with Gasteiger partial charge in [0.1, 0.15) is 0 Å². The Kier molecular flexibility index (Phi) is 7.36. The highest BCUT2D eigenvalue weighted by atomic mass is 35.5. The lowest BCUT2D eigenvalue weighted by molar-refractivity contribution is -0.126. The van der Waals surface area contributed by atoms with E-state index >= 15 is 0 Å². The van der Waals surface area contributed by atoms with Crippen molar-refractivity contribution in [3.05, 3.63) is 58.6 Å². The van der Waals surface area contributed by atoms with Gasteiger partial charge in [0, 0.05) is 36.8 Å². The number of halogens is 1. The molecule has 4 rings (SSSR count). The molecule has 1 saturated heterocycles. The van der Waals surface area contributed by atoms with Crippen LogP contribution >= 0.6 is 11.6 Å². The van der Waals surface area contributed by atoms with Crippen molar-refractivity contribution in [1.29, 1.82) is 0 Å². The maximum atomic E-state index is 13.3. The van der Waals surface area contributed by atoms with Gasteiger partial charge in [-0.05, 0) is 73.6 Å². The number of rotatable bonds is 6. The first-order valence-corrected chi connectivity index (χ1v) is 13.1. The molecule has 2 aromatic carbocycles. The molecule has 0 aliphatic carbocycles. The van der Waals surface area contributed by atoms with E-state index < -0.39 is 10.0 Å². The maximum Gasteiger partial charge on any atom is 0.243 e. The molecule has 2 aliphatic heterocycles. The van der Waals surface area contributed by atoms with Crippen LogP contribution in [0.15, 0.2) is 47.4 Å². The summed E-state index contributed by atoms with van der Waals surface area (Å²) in [5.74, 6) is -0.544. The fourth-order valence-corrected chi connectivity index (χ4v) is 6.06. The third-order valence-corrected chi connectivity index (χ3v) is 8.33. The van der Waals surface area contributed by atoms with Crippen LogP contribution < -0.4 is 10.6 Å². The number of nitrogens with zero attached hydrogens (tertiary/aromatic N) is 1. The molecule has 2 N–H and O–H groups in total. The van der Waals surface area contributed by atoms with Gasteiger partial charge in [-0.1, -0.05) is 23.7 Å². The first-order chi connectivity index (χ1) is 15.8. The largest absolute Gasteiger partial charge is 0.355 e. The van der Waals surface area contributed by atoms with E-state index in [-0.39, 0.29) is 29.2 Å². The van der Waals surface area contributed by atoms with E-state index in [0.29, 0.717) is 62.3 Å². The zero-order valence-electron chi connectivity index (χ0n) is 18.3. The Morgan fingerprint density at radius 3 is 2.70 bits per heavy atom. The molecule has 0 unspecified atom stereocenters. The summed E-state index contributed by atoms with van der Waals surface area (Å²) >= 11 is 5.90. The van der Waals surface area contributed by atoms with Crippen LogP contribution in [0.3, 0.4) is 0 Å². The Labute approximate surface area is 199 Å². The summed E-state index contributed by atoms with van der Waals surface area (Å²) in [6.45, 7) is 1.05. The number of nitrogens with one attached hydrogen (secondary N) is 2. The molecule has 2 aromatic rings. The average molecular weight is 490 g/mol. The SMILES string of the molecule is O=C1CCCc2cc(S(=O)(=O)N3CCC[C@H](C(=O)NCCc4ccc(Cl)cc4)C3)ccc2N1. The van der Waals surface area contributed by atoms with Crippen molar-refractivity contribution in [3.63, 3.8) is 0 Å². The lowest BCUT2D eigenvalue weighted by Gasteiger charge is -2.31. The Hall–Kier alpha value is -2.42. The molecular formula is C24H28ClN3O4S. The highest BCUT2D eigenvalue weighted by molar-refractivity contribution is 7.89. The molecule has 2 heterocycles. The Balaban J connectivity index is 1.38. The van der Waals surface area contributed by atoms with Crippen LogP contribution in [-0.4, -0.2) is 44.2 Å². The van der Waals surface area contributed by atoms with Crippen molar-refractivity contribution in [2.45, 2.75) is 43.4 Å². The predicted octanol–water partition coefficient (Wildman–Crippen LogP) is 3.37. The zero-order valence-corrected chi connectivity index (χ0v) is 19.9. The molecule has 2 aliphatic rings. The summed E-state index contributed by atoms with van der Waals surface area (Å²) in [6, 6.07) is 12.3. The van der Waals surface area contributed by atoms with Crippen molar-refractivity contribution >= 4 is 39.1 Å². The number of sulfonamides is 1. The topological polar surface area (TPSA) is 95.6 Å². The van der Waals surface area contributed by atoms with Gasteiger partial charge in [-0.15, -0.1) is 0 Å². The normalized spacial score (nSPS) is 19.3. The van der Waals surface area contributed by atoms with Crippen LogP contribution in [0.2, 0.25) is 5.02 Å². The number of hydrogen-bond donors (Lipinski definition) is 2. The van der Waals surface area contributed by atoms with Crippen LogP contribution in [0.25, 0.3) is 0 Å². The number of piperidine rings is 1. The lowest BCUT2D eigenvalue weighted by Crippen LogP contribution is -2.45. The molecule has 1 atom stereocenters. The van der Waals surface area contributed by atoms with Crippen LogP contribution in [-0.2, 0) is 32.5 Å². The summed E-state index contributed by atoms with van der Waals surface area (Å²) in [5.41, 5.74) is 2.58. The lowest BCUT2D eigenvalue weighted by atomic mass is 9.99. The third kappa shape index (κ3) is 5.75. The summed E-state index contributed by atoms with van der Waals surface area (Å²) in [6.07, 6.45) is 3.74. The van der Waals surface area contributed by atoms with Gasteiger partial charge < -0.3 is 10.6 Å². The Bertz CT molecular complexity index is 1130. The van der Waals surface area contributed by atoms with Gasteiger partial charge >= 0.3 is 0 Å². The summed E-state index contributed by atoms with van der Waals surface area (Å²) in [7, 11) is -3.73. The summed E-state index contributed by atoms with van der Waals surface area (Å²) < 4.78 is 28.0. The minimum atomic E-state index is -3.73. The fourth-order valence-electron chi connectivity index (χ4n) is 4.36. The van der Waals surface area contributed by atoms with Crippen molar-refractivity contribution in [2.75, 3.05) is 25.0 Å². The molecule has 0 bridgehead atoms. The number of amides is 2. The molecule has 33 heavy (non-hydrogen) atoms. The average Bonchev–Trinajstić information content (AvgIpc) is 3.00. The molecule has 1 fully saturated rings. The number of hydrogen-bond acceptors (Lipinski definition) is 4. The molecule has 0 radical (unpaired) electrons. The molecular weight excluding hydrogens is 462 g/mol. The quantitative estimate of drug-likeness (QED) is 0.650. The van der Waals surface area contributed by atoms with Gasteiger partial charge in [-0.2, -0.15) is 4.31 Å². The first-order valence-electron chi connectivity index (χ1n) is 11.3. The van der Waals surface area contributed by atoms with Gasteiger partial charge in [-0.25, -0.2) is 8.42 Å². The molecule has 0 aromatic heterocycles. The smallest absolute Gasteiger partial charge is 0.243 e. The van der Waals surface area contributed by atoms with Crippen molar-refractivity contribution < 1.29 is 18.0 Å². The summed E-state index contributed by atoms with van der Waals surface area (Å²) in [5, 5.41) is 6.45. The Morgan fingerprint density at radius 1 is 1.12 bits per heavy atom. The minimum absolute atomic E-state index is 0.0506. The molecule has 2 amide bonds. The van der Waals surface area contributed by atoms with Crippen molar-refractivity contribution in [2.24, 2.45) is 5.92 Å². The van der Waals surface area contributed by atoms with Gasteiger partial charge in [0.15, 0.2) is 0 Å². The van der Waals surface area contributed by atoms with E-state index in [4.69, 9.17) is 11.6 Å². The van der Waals surface area contributed by atoms with E-state index in [9.17, 15) is 18.0 Å². The monoisotopic (exact) mass is 489 g/mol. The van der Waals surface area contributed by atoms with E-state index in [2.05, 4.69) is 10.6 Å². The van der Waals surface area contributed by atoms with Crippen LogP contribution in [0.5, 0.6) is 0 Å². The van der Waals surface area contributed by atoms with Gasteiger partial charge in [0.05, 0.1) is 10.8 Å². The predicted molar refractivity (Wildman–Crippen MR) is 128 cm³/mol. The van der Waals surface area contributed by atoms with Gasteiger partial charge in [0.25, 0.3) is 0 Å². The maximum absolute atomic E-state index is 13.3. The van der Waals surface area contributed by atoms with Crippen molar-refractivity contribution in [3.8, 4) is 0 Å². The number of anilines is 1. The van der Waals surface area contributed by atoms with Gasteiger partial charge in [0.2, 0.25) is 21.8 Å². The number of fused-ring (bicyclic) bond motifs is 1. The number of benzene rings is 2. The van der Waals surface area contributed by atoms with E-state index in [1.807, 2.05) is 24.3 Å². The van der Waals surface area contributed by atoms with Crippen LogP contribution in [0.4, 0.5) is 5.69 Å². The molecule has 0 saturated carbocycles. The fraction of sp³-hybridized carbons (Fsp3) is 0.417. The van der Waals surface area contributed by atoms with E-state index in [1.54, 1.807) is 12.1 Å². The van der Waals surface area contributed by atoms with Gasteiger partial charge in [-0.3, -0.25) is 9.59 Å². The highest BCUT2D eigenvalue weighted by Crippen LogP contribution is 2.29. The zero-order chi connectivity index (χ0) is 23.4. The molecule has 176 valence electrons. The minimum Gasteiger partial charge on any atom is -0.355 e. The number of carbonyl (C=O) groups excluding carboxylic acids is 2. The number of aryl methyl sites for hydroxylation is 1. The molecule has 0 spiro atoms. The summed E-state index contributed by atoms with van der Waals surface area (Å²) in [4.78, 5) is 24.7. The van der Waals surface area contributed by atoms with Crippen molar-refractivity contribution in [1.82, 2.24) is 9.62 Å². The Morgan fingerprint density at radius 2 is 1.91 bits per heavy atom. The van der Waals surface area contributed by atoms with Crippen LogP contribution in [0, 0.1) is 5.92 Å². The number of carbonyl (C=O) groups is 2. The van der Waals surface area contributed by atoms with E-state index in [1.165, 1.54) is 10.4 Å².